The van der Waals surface area contributed by atoms with E-state index in [0.717, 1.165) is 29.1 Å². The van der Waals surface area contributed by atoms with Crippen molar-refractivity contribution in [2.24, 2.45) is 0 Å². The largest absolute Gasteiger partial charge is 0.345 e. The van der Waals surface area contributed by atoms with Gasteiger partial charge in [-0.3, -0.25) is 9.59 Å². The van der Waals surface area contributed by atoms with E-state index in [-0.39, 0.29) is 26.4 Å². The van der Waals surface area contributed by atoms with E-state index in [1.807, 2.05) is 39.6 Å². The molecule has 0 radical (unpaired) electrons. The van der Waals surface area contributed by atoms with Crippen LogP contribution in [0.5, 0.6) is 0 Å². The minimum atomic E-state index is 0. The third-order valence-electron chi connectivity index (χ3n) is 3.47. The second kappa shape index (κ2) is 6.89. The number of carbonyl (C=O) groups is 2. The second-order valence-corrected chi connectivity index (χ2v) is 5.44. The Labute approximate surface area is 133 Å². The van der Waals surface area contributed by atoms with Crippen molar-refractivity contribution in [3.63, 3.8) is 0 Å². The van der Waals surface area contributed by atoms with Crippen LogP contribution in [-0.4, -0.2) is 20.7 Å². The SMILES string of the molecule is C.C.O=C1CCn2c(Br)ccc21.O=C1CCn2cccc21. The number of aryl methyl sites for hydroxylation is 1. The maximum absolute atomic E-state index is 11.0. The van der Waals surface area contributed by atoms with Crippen LogP contribution < -0.4 is 0 Å². The van der Waals surface area contributed by atoms with Gasteiger partial charge in [0.15, 0.2) is 11.6 Å². The summed E-state index contributed by atoms with van der Waals surface area (Å²) in [4.78, 5) is 21.9. The summed E-state index contributed by atoms with van der Waals surface area (Å²) in [5, 5.41) is 0. The monoisotopic (exact) mass is 352 g/mol. The predicted molar refractivity (Wildman–Crippen MR) is 87.9 cm³/mol. The second-order valence-electron chi connectivity index (χ2n) is 4.63. The quantitative estimate of drug-likeness (QED) is 0.713. The van der Waals surface area contributed by atoms with Crippen molar-refractivity contribution in [3.8, 4) is 0 Å². The number of hydrogen-bond donors (Lipinski definition) is 0. The highest BCUT2D eigenvalue weighted by molar-refractivity contribution is 9.10. The van der Waals surface area contributed by atoms with Gasteiger partial charge in [0.25, 0.3) is 0 Å². The first-order valence-corrected chi connectivity index (χ1v) is 7.02. The third kappa shape index (κ3) is 3.18. The van der Waals surface area contributed by atoms with Crippen molar-refractivity contribution in [1.82, 2.24) is 9.13 Å². The first kappa shape index (κ1) is 17.4. The fraction of sp³-hybridized carbons (Fsp3) is 0.375. The third-order valence-corrected chi connectivity index (χ3v) is 4.16. The van der Waals surface area contributed by atoms with Gasteiger partial charge in [-0.15, -0.1) is 0 Å². The number of aromatic nitrogens is 2. The molecule has 0 aromatic carbocycles. The predicted octanol–water partition coefficient (Wildman–Crippen LogP) is 4.18. The highest BCUT2D eigenvalue weighted by Crippen LogP contribution is 2.22. The summed E-state index contributed by atoms with van der Waals surface area (Å²) in [6, 6.07) is 7.55. The number of carbonyl (C=O) groups excluding carboxylic acids is 2. The number of fused-ring (bicyclic) bond motifs is 2. The molecule has 5 heteroatoms. The molecule has 0 atom stereocenters. The Morgan fingerprint density at radius 1 is 0.905 bits per heavy atom. The number of halogens is 1. The van der Waals surface area contributed by atoms with Gasteiger partial charge in [0.1, 0.15) is 0 Å². The maximum atomic E-state index is 11.0. The van der Waals surface area contributed by atoms with Crippen molar-refractivity contribution in [1.29, 1.82) is 0 Å². The maximum Gasteiger partial charge on any atom is 0.181 e. The van der Waals surface area contributed by atoms with Crippen LogP contribution in [0.25, 0.3) is 0 Å². The lowest BCUT2D eigenvalue weighted by Gasteiger charge is -1.94. The average molecular weight is 353 g/mol. The van der Waals surface area contributed by atoms with E-state index in [9.17, 15) is 9.59 Å². The van der Waals surface area contributed by atoms with Crippen molar-refractivity contribution in [2.75, 3.05) is 0 Å². The van der Waals surface area contributed by atoms with Crippen molar-refractivity contribution < 1.29 is 9.59 Å². The zero-order valence-corrected chi connectivity index (χ0v) is 11.9. The highest BCUT2D eigenvalue weighted by Gasteiger charge is 2.20. The molecule has 0 spiro atoms. The van der Waals surface area contributed by atoms with Crippen molar-refractivity contribution in [3.05, 3.63) is 46.5 Å². The molecule has 114 valence electrons. The first-order chi connectivity index (χ1) is 9.16. The molecular formula is C16H21BrN2O2. The Kier molecular flexibility index (Phi) is 5.72. The molecule has 0 saturated heterocycles. The van der Waals surface area contributed by atoms with E-state index >= 15 is 0 Å². The number of ketones is 2. The van der Waals surface area contributed by atoms with Crippen LogP contribution in [0.3, 0.4) is 0 Å². The van der Waals surface area contributed by atoms with Crippen LogP contribution in [0.15, 0.2) is 35.1 Å². The van der Waals surface area contributed by atoms with Crippen LogP contribution in [0.4, 0.5) is 0 Å². The molecule has 0 bridgehead atoms. The van der Waals surface area contributed by atoms with Gasteiger partial charge in [-0.1, -0.05) is 14.9 Å². The average Bonchev–Trinajstić information content (AvgIpc) is 3.10. The van der Waals surface area contributed by atoms with Gasteiger partial charge in [0, 0.05) is 32.1 Å². The van der Waals surface area contributed by atoms with E-state index in [1.54, 1.807) is 0 Å². The summed E-state index contributed by atoms with van der Waals surface area (Å²) in [6.45, 7) is 1.71. The molecule has 2 aliphatic heterocycles. The molecule has 0 fully saturated rings. The molecule has 2 aromatic heterocycles. The number of rotatable bonds is 0. The van der Waals surface area contributed by atoms with Crippen LogP contribution in [0.1, 0.15) is 48.7 Å². The molecule has 4 heterocycles. The molecule has 4 rings (SSSR count). The first-order valence-electron chi connectivity index (χ1n) is 6.23. The van der Waals surface area contributed by atoms with Crippen LogP contribution in [0.2, 0.25) is 0 Å². The number of hydrogen-bond acceptors (Lipinski definition) is 2. The van der Waals surface area contributed by atoms with Crippen molar-refractivity contribution in [2.45, 2.75) is 40.8 Å². The fourth-order valence-electron chi connectivity index (χ4n) is 2.47. The lowest BCUT2D eigenvalue weighted by atomic mass is 10.3. The van der Waals surface area contributed by atoms with Gasteiger partial charge in [0.2, 0.25) is 0 Å². The molecule has 0 aliphatic carbocycles. The Hall–Kier alpha value is -1.62. The van der Waals surface area contributed by atoms with Gasteiger partial charge < -0.3 is 9.13 Å². The summed E-state index contributed by atoms with van der Waals surface area (Å²) in [5.41, 5.74) is 1.71. The Morgan fingerprint density at radius 3 is 2.24 bits per heavy atom. The summed E-state index contributed by atoms with van der Waals surface area (Å²) in [5.74, 6) is 0.533. The lowest BCUT2D eigenvalue weighted by molar-refractivity contribution is 0.0986. The Balaban J connectivity index is 0.000000192. The van der Waals surface area contributed by atoms with E-state index in [4.69, 9.17) is 0 Å². The van der Waals surface area contributed by atoms with E-state index in [0.29, 0.717) is 12.8 Å². The molecule has 2 aliphatic rings. The smallest absolute Gasteiger partial charge is 0.181 e. The van der Waals surface area contributed by atoms with Gasteiger partial charge in [-0.05, 0) is 40.2 Å². The van der Waals surface area contributed by atoms with E-state index in [2.05, 4.69) is 15.9 Å². The Bertz CT molecular complexity index is 655. The lowest BCUT2D eigenvalue weighted by Crippen LogP contribution is -1.91. The van der Waals surface area contributed by atoms with Gasteiger partial charge in [-0.2, -0.15) is 0 Å². The van der Waals surface area contributed by atoms with E-state index < -0.39 is 0 Å². The van der Waals surface area contributed by atoms with Crippen molar-refractivity contribution >= 4 is 27.5 Å². The zero-order valence-electron chi connectivity index (χ0n) is 10.3. The van der Waals surface area contributed by atoms with Crippen LogP contribution >= 0.6 is 15.9 Å². The minimum absolute atomic E-state index is 0. The summed E-state index contributed by atoms with van der Waals surface area (Å²) < 4.78 is 4.98. The molecule has 4 nitrogen and oxygen atoms in total. The van der Waals surface area contributed by atoms with Gasteiger partial charge in [0.05, 0.1) is 16.0 Å². The normalized spacial score (nSPS) is 14.5. The molecule has 21 heavy (non-hydrogen) atoms. The molecule has 2 aromatic rings. The highest BCUT2D eigenvalue weighted by atomic mass is 79.9. The van der Waals surface area contributed by atoms with Crippen LogP contribution in [-0.2, 0) is 13.1 Å². The summed E-state index contributed by atoms with van der Waals surface area (Å²) in [7, 11) is 0. The molecule has 0 amide bonds. The molecular weight excluding hydrogens is 332 g/mol. The fourth-order valence-corrected chi connectivity index (χ4v) is 2.97. The van der Waals surface area contributed by atoms with Gasteiger partial charge in [-0.25, -0.2) is 0 Å². The number of nitrogens with zero attached hydrogens (tertiary/aromatic N) is 2. The summed E-state index contributed by atoms with van der Waals surface area (Å²) in [6.07, 6.45) is 3.30. The summed E-state index contributed by atoms with van der Waals surface area (Å²) >= 11 is 3.36. The Morgan fingerprint density at radius 2 is 1.57 bits per heavy atom. The topological polar surface area (TPSA) is 44.0 Å². The molecule has 0 saturated carbocycles. The molecule has 0 unspecified atom stereocenters. The standard InChI is InChI=1S/C7H6BrNO.C7H7NO.2CH4/c8-7-2-1-5-6(10)3-4-9(5)7;9-7-3-5-8-4-1-2-6(7)8;;/h1-2H,3-4H2;1-2,4H,3,5H2;2*1H4. The van der Waals surface area contributed by atoms with Gasteiger partial charge >= 0.3 is 0 Å². The minimum Gasteiger partial charge on any atom is -0.345 e. The van der Waals surface area contributed by atoms with E-state index in [1.165, 1.54) is 0 Å². The molecule has 0 N–H and O–H groups in total. The zero-order chi connectivity index (χ0) is 13.4. The number of Topliss-reactive ketones (excluding diaryl/α,β-unsaturated/α-hetero) is 2. The van der Waals surface area contributed by atoms with Crippen LogP contribution in [0, 0.1) is 0 Å².